The number of nitrogens with zero attached hydrogens (tertiary/aromatic N) is 2. The van der Waals surface area contributed by atoms with Crippen molar-refractivity contribution in [2.45, 2.75) is 13.3 Å². The fourth-order valence-electron chi connectivity index (χ4n) is 1.67. The summed E-state index contributed by atoms with van der Waals surface area (Å²) in [5.41, 5.74) is 7.66. The van der Waals surface area contributed by atoms with Gasteiger partial charge in [0.25, 0.3) is 5.69 Å². The first-order valence-electron chi connectivity index (χ1n) is 5.74. The van der Waals surface area contributed by atoms with Gasteiger partial charge in [-0.2, -0.15) is 0 Å². The molecule has 100 valence electrons. The topological polar surface area (TPSA) is 94.1 Å². The number of nitro groups is 1. The predicted octanol–water partition coefficient (Wildman–Crippen LogP) is 2.60. The first-order valence-corrected chi connectivity index (χ1v) is 6.62. The highest BCUT2D eigenvalue weighted by Gasteiger charge is 2.08. The van der Waals surface area contributed by atoms with Gasteiger partial charge >= 0.3 is 0 Å². The molecular weight excluding hydrogens is 264 g/mol. The van der Waals surface area contributed by atoms with E-state index < -0.39 is 4.92 Å². The molecule has 0 aliphatic carbocycles. The number of non-ortho nitro benzene ring substituents is 1. The molecule has 6 nitrogen and oxygen atoms in total. The van der Waals surface area contributed by atoms with Crippen LogP contribution in [0.3, 0.4) is 0 Å². The summed E-state index contributed by atoms with van der Waals surface area (Å²) >= 11 is 1.61. The molecule has 0 aliphatic heterocycles. The maximum Gasteiger partial charge on any atom is 0.273 e. The highest BCUT2D eigenvalue weighted by Crippen LogP contribution is 2.22. The number of hydrogen-bond donors (Lipinski definition) is 2. The van der Waals surface area contributed by atoms with Gasteiger partial charge < -0.3 is 11.1 Å². The number of rotatable bonds is 5. The third kappa shape index (κ3) is 3.65. The fraction of sp³-hybridized carbons (Fsp3) is 0.250. The van der Waals surface area contributed by atoms with Crippen molar-refractivity contribution >= 4 is 28.4 Å². The van der Waals surface area contributed by atoms with Gasteiger partial charge in [0.05, 0.1) is 9.93 Å². The Morgan fingerprint density at radius 3 is 2.89 bits per heavy atom. The summed E-state index contributed by atoms with van der Waals surface area (Å²) < 4.78 is 0. The zero-order chi connectivity index (χ0) is 13.8. The van der Waals surface area contributed by atoms with Crippen molar-refractivity contribution in [3.05, 3.63) is 44.4 Å². The van der Waals surface area contributed by atoms with Crippen molar-refractivity contribution in [2.75, 3.05) is 17.6 Å². The van der Waals surface area contributed by atoms with E-state index in [9.17, 15) is 10.1 Å². The van der Waals surface area contributed by atoms with Crippen LogP contribution in [0.4, 0.5) is 17.1 Å². The van der Waals surface area contributed by atoms with Crippen LogP contribution < -0.4 is 11.1 Å². The molecule has 1 heterocycles. The molecule has 0 saturated carbocycles. The minimum atomic E-state index is -0.453. The van der Waals surface area contributed by atoms with Crippen LogP contribution in [0.5, 0.6) is 0 Å². The maximum atomic E-state index is 10.7. The third-order valence-electron chi connectivity index (χ3n) is 2.49. The molecule has 0 radical (unpaired) electrons. The lowest BCUT2D eigenvalue weighted by Crippen LogP contribution is -2.05. The largest absolute Gasteiger partial charge is 0.398 e. The summed E-state index contributed by atoms with van der Waals surface area (Å²) in [5, 5.41) is 16.9. The van der Waals surface area contributed by atoms with Crippen LogP contribution in [0.1, 0.15) is 10.7 Å². The molecule has 0 spiro atoms. The Hall–Kier alpha value is -2.15. The molecule has 2 aromatic rings. The van der Waals surface area contributed by atoms with Gasteiger partial charge in [-0.05, 0) is 13.0 Å². The molecule has 0 bridgehead atoms. The second-order valence-electron chi connectivity index (χ2n) is 4.13. The van der Waals surface area contributed by atoms with Gasteiger partial charge in [0.1, 0.15) is 0 Å². The molecule has 1 aromatic heterocycles. The van der Waals surface area contributed by atoms with Crippen LogP contribution in [-0.2, 0) is 6.42 Å². The lowest BCUT2D eigenvalue weighted by molar-refractivity contribution is -0.384. The van der Waals surface area contributed by atoms with E-state index in [0.717, 1.165) is 17.1 Å². The van der Waals surface area contributed by atoms with Gasteiger partial charge in [0.15, 0.2) is 0 Å². The van der Waals surface area contributed by atoms with E-state index in [1.807, 2.05) is 12.3 Å². The number of aromatic nitrogens is 1. The highest BCUT2D eigenvalue weighted by atomic mass is 32.1. The Kier molecular flexibility index (Phi) is 3.96. The van der Waals surface area contributed by atoms with E-state index in [1.54, 1.807) is 17.4 Å². The third-order valence-corrected chi connectivity index (χ3v) is 3.51. The zero-order valence-corrected chi connectivity index (χ0v) is 11.2. The molecule has 0 unspecified atom stereocenters. The molecule has 0 atom stereocenters. The van der Waals surface area contributed by atoms with Crippen molar-refractivity contribution in [1.82, 2.24) is 4.98 Å². The van der Waals surface area contributed by atoms with Crippen molar-refractivity contribution in [2.24, 2.45) is 0 Å². The van der Waals surface area contributed by atoms with Gasteiger partial charge in [0, 0.05) is 47.5 Å². The Bertz CT molecular complexity index is 597. The molecular formula is C12H14N4O2S. The van der Waals surface area contributed by atoms with Crippen LogP contribution in [-0.4, -0.2) is 16.5 Å². The SMILES string of the molecule is Cc1csc(CCNc2cc(N)cc([N+](=O)[O-])c2)n1. The van der Waals surface area contributed by atoms with E-state index in [2.05, 4.69) is 10.3 Å². The molecule has 0 saturated heterocycles. The molecule has 0 amide bonds. The average Bonchev–Trinajstić information content (AvgIpc) is 2.74. The summed E-state index contributed by atoms with van der Waals surface area (Å²) in [5.74, 6) is 0. The number of nitrogens with two attached hydrogens (primary N) is 1. The van der Waals surface area contributed by atoms with Crippen LogP contribution in [0.2, 0.25) is 0 Å². The van der Waals surface area contributed by atoms with E-state index in [-0.39, 0.29) is 5.69 Å². The fourth-order valence-corrected chi connectivity index (χ4v) is 2.45. The molecule has 7 heteroatoms. The van der Waals surface area contributed by atoms with Gasteiger partial charge in [-0.15, -0.1) is 11.3 Å². The van der Waals surface area contributed by atoms with Crippen LogP contribution in [0.25, 0.3) is 0 Å². The molecule has 3 N–H and O–H groups in total. The summed E-state index contributed by atoms with van der Waals surface area (Å²) in [6.45, 7) is 2.61. The van der Waals surface area contributed by atoms with Crippen molar-refractivity contribution in [3.63, 3.8) is 0 Å². The van der Waals surface area contributed by atoms with Gasteiger partial charge in [-0.1, -0.05) is 0 Å². The minimum absolute atomic E-state index is 0.00686. The van der Waals surface area contributed by atoms with Gasteiger partial charge in [-0.3, -0.25) is 10.1 Å². The Balaban J connectivity index is 1.97. The number of nitrogens with one attached hydrogen (secondary N) is 1. The average molecular weight is 278 g/mol. The number of aryl methyl sites for hydroxylation is 1. The number of nitrogen functional groups attached to an aromatic ring is 1. The monoisotopic (exact) mass is 278 g/mol. The second-order valence-corrected chi connectivity index (χ2v) is 5.07. The Labute approximate surface area is 114 Å². The molecule has 2 rings (SSSR count). The summed E-state index contributed by atoms with van der Waals surface area (Å²) in [6, 6.07) is 4.50. The molecule has 0 fully saturated rings. The zero-order valence-electron chi connectivity index (χ0n) is 10.4. The lowest BCUT2D eigenvalue weighted by Gasteiger charge is -2.06. The first-order chi connectivity index (χ1) is 9.04. The smallest absolute Gasteiger partial charge is 0.273 e. The van der Waals surface area contributed by atoms with Crippen LogP contribution in [0, 0.1) is 17.0 Å². The van der Waals surface area contributed by atoms with E-state index >= 15 is 0 Å². The number of nitro benzene ring substituents is 1. The summed E-state index contributed by atoms with van der Waals surface area (Å²) in [7, 11) is 0. The Morgan fingerprint density at radius 1 is 1.47 bits per heavy atom. The van der Waals surface area contributed by atoms with E-state index in [4.69, 9.17) is 5.73 Å². The summed E-state index contributed by atoms with van der Waals surface area (Å²) in [6.07, 6.45) is 0.779. The maximum absolute atomic E-state index is 10.7. The number of hydrogen-bond acceptors (Lipinski definition) is 6. The van der Waals surface area contributed by atoms with Crippen molar-refractivity contribution < 1.29 is 4.92 Å². The minimum Gasteiger partial charge on any atom is -0.398 e. The highest BCUT2D eigenvalue weighted by molar-refractivity contribution is 7.09. The predicted molar refractivity (Wildman–Crippen MR) is 76.6 cm³/mol. The molecule has 19 heavy (non-hydrogen) atoms. The normalized spacial score (nSPS) is 10.4. The van der Waals surface area contributed by atoms with Crippen LogP contribution >= 0.6 is 11.3 Å². The quantitative estimate of drug-likeness (QED) is 0.498. The van der Waals surface area contributed by atoms with E-state index in [1.165, 1.54) is 12.1 Å². The lowest BCUT2D eigenvalue weighted by atomic mass is 10.2. The van der Waals surface area contributed by atoms with Crippen molar-refractivity contribution in [3.8, 4) is 0 Å². The van der Waals surface area contributed by atoms with Gasteiger partial charge in [-0.25, -0.2) is 4.98 Å². The first kappa shape index (κ1) is 13.3. The number of thiazole rings is 1. The second kappa shape index (κ2) is 5.66. The standard InChI is InChI=1S/C12H14N4O2S/c1-8-7-19-12(15-8)2-3-14-10-4-9(13)5-11(6-10)16(17)18/h4-7,14H,2-3,13H2,1H3. The van der Waals surface area contributed by atoms with Crippen LogP contribution in [0.15, 0.2) is 23.6 Å². The Morgan fingerprint density at radius 2 is 2.26 bits per heavy atom. The number of benzene rings is 1. The van der Waals surface area contributed by atoms with E-state index in [0.29, 0.717) is 17.9 Å². The summed E-state index contributed by atoms with van der Waals surface area (Å²) in [4.78, 5) is 14.6. The molecule has 0 aliphatic rings. The number of anilines is 2. The van der Waals surface area contributed by atoms with Gasteiger partial charge in [0.2, 0.25) is 0 Å². The molecule has 1 aromatic carbocycles. The van der Waals surface area contributed by atoms with Crippen molar-refractivity contribution in [1.29, 1.82) is 0 Å².